The summed E-state index contributed by atoms with van der Waals surface area (Å²) in [6, 6.07) is 7.25. The molecule has 1 N–H and O–H groups in total. The predicted molar refractivity (Wildman–Crippen MR) is 97.8 cm³/mol. The molecule has 0 bridgehead atoms. The van der Waals surface area contributed by atoms with Crippen LogP contribution in [0.2, 0.25) is 5.02 Å². The van der Waals surface area contributed by atoms with Crippen LogP contribution in [0.25, 0.3) is 0 Å². The molecule has 0 aromatic heterocycles. The van der Waals surface area contributed by atoms with Gasteiger partial charge in [-0.15, -0.1) is 0 Å². The minimum atomic E-state index is -0.601. The molecule has 0 radical (unpaired) electrons. The Morgan fingerprint density at radius 2 is 1.80 bits per heavy atom. The van der Waals surface area contributed by atoms with Crippen molar-refractivity contribution in [3.05, 3.63) is 29.3 Å². The van der Waals surface area contributed by atoms with Crippen LogP contribution >= 0.6 is 11.6 Å². The molecule has 0 aliphatic carbocycles. The average molecular weight is 368 g/mol. The van der Waals surface area contributed by atoms with E-state index in [0.29, 0.717) is 43.5 Å². The summed E-state index contributed by atoms with van der Waals surface area (Å²) in [7, 11) is 0. The summed E-state index contributed by atoms with van der Waals surface area (Å²) in [6.45, 7) is 8.50. The molecule has 2 amide bonds. The van der Waals surface area contributed by atoms with Crippen molar-refractivity contribution in [3.8, 4) is 5.75 Å². The van der Waals surface area contributed by atoms with Gasteiger partial charge in [-0.05, 0) is 32.9 Å². The summed E-state index contributed by atoms with van der Waals surface area (Å²) in [6.07, 6.45) is -0.601. The number of carbonyl (C=O) groups is 2. The number of halogens is 1. The van der Waals surface area contributed by atoms with Crippen LogP contribution in [0.4, 0.5) is 0 Å². The van der Waals surface area contributed by atoms with E-state index in [1.165, 1.54) is 0 Å². The smallest absolute Gasteiger partial charge is 0.263 e. The van der Waals surface area contributed by atoms with E-state index in [0.717, 1.165) is 0 Å². The Kier molecular flexibility index (Phi) is 7.08. The first kappa shape index (κ1) is 19.5. The quantitative estimate of drug-likeness (QED) is 0.832. The van der Waals surface area contributed by atoms with Crippen molar-refractivity contribution in [1.29, 1.82) is 0 Å². The molecule has 1 saturated heterocycles. The number of nitrogens with one attached hydrogen (secondary N) is 1. The van der Waals surface area contributed by atoms with Gasteiger partial charge in [0, 0.05) is 32.2 Å². The topological polar surface area (TPSA) is 61.9 Å². The van der Waals surface area contributed by atoms with Crippen molar-refractivity contribution in [2.45, 2.75) is 32.9 Å². The fourth-order valence-corrected chi connectivity index (χ4v) is 2.92. The molecule has 1 aromatic rings. The molecule has 2 rings (SSSR count). The summed E-state index contributed by atoms with van der Waals surface area (Å²) in [5, 5.41) is 3.37. The maximum atomic E-state index is 12.5. The Bertz CT molecular complexity index is 601. The molecule has 1 atom stereocenters. The number of carbonyl (C=O) groups excluding carboxylic acids is 2. The van der Waals surface area contributed by atoms with E-state index in [1.807, 2.05) is 26.0 Å². The third-order valence-corrected chi connectivity index (χ3v) is 4.30. The van der Waals surface area contributed by atoms with Gasteiger partial charge in [0.2, 0.25) is 5.91 Å². The van der Waals surface area contributed by atoms with Crippen molar-refractivity contribution in [2.75, 3.05) is 32.7 Å². The lowest BCUT2D eigenvalue weighted by atomic mass is 10.2. The number of hydrogen-bond donors (Lipinski definition) is 1. The second kappa shape index (κ2) is 9.06. The summed E-state index contributed by atoms with van der Waals surface area (Å²) >= 11 is 6.07. The van der Waals surface area contributed by atoms with Crippen molar-refractivity contribution in [1.82, 2.24) is 15.1 Å². The van der Waals surface area contributed by atoms with Crippen molar-refractivity contribution in [2.24, 2.45) is 0 Å². The molecule has 1 heterocycles. The SMILES string of the molecule is CC(C)NC(=O)CN1CCN(C(=O)[C@H](C)Oc2ccccc2Cl)CC1. The van der Waals surface area contributed by atoms with Crippen LogP contribution in [0.3, 0.4) is 0 Å². The molecule has 0 saturated carbocycles. The molecule has 1 aliphatic heterocycles. The highest BCUT2D eigenvalue weighted by Gasteiger charge is 2.27. The van der Waals surface area contributed by atoms with Gasteiger partial charge in [0.25, 0.3) is 5.91 Å². The summed E-state index contributed by atoms with van der Waals surface area (Å²) in [4.78, 5) is 28.2. The number of hydrogen-bond acceptors (Lipinski definition) is 4. The highest BCUT2D eigenvalue weighted by atomic mass is 35.5. The molecular weight excluding hydrogens is 342 g/mol. The summed E-state index contributed by atoms with van der Waals surface area (Å²) in [5.74, 6) is 0.463. The highest BCUT2D eigenvalue weighted by molar-refractivity contribution is 6.32. The van der Waals surface area contributed by atoms with Gasteiger partial charge in [-0.1, -0.05) is 23.7 Å². The van der Waals surface area contributed by atoms with Gasteiger partial charge < -0.3 is 15.0 Å². The first-order chi connectivity index (χ1) is 11.9. The van der Waals surface area contributed by atoms with Gasteiger partial charge in [-0.2, -0.15) is 0 Å². The predicted octanol–water partition coefficient (Wildman–Crippen LogP) is 1.78. The van der Waals surface area contributed by atoms with Crippen LogP contribution < -0.4 is 10.1 Å². The maximum absolute atomic E-state index is 12.5. The number of rotatable bonds is 6. The standard InChI is InChI=1S/C18H26ClN3O3/c1-13(2)20-17(23)12-21-8-10-22(11-9-21)18(24)14(3)25-16-7-5-4-6-15(16)19/h4-7,13-14H,8-12H2,1-3H3,(H,20,23)/t14-/m0/s1. The van der Waals surface area contributed by atoms with Gasteiger partial charge in [0.1, 0.15) is 5.75 Å². The first-order valence-corrected chi connectivity index (χ1v) is 8.96. The molecule has 138 valence electrons. The molecule has 0 unspecified atom stereocenters. The molecule has 25 heavy (non-hydrogen) atoms. The molecule has 0 spiro atoms. The third kappa shape index (κ3) is 5.90. The van der Waals surface area contributed by atoms with Crippen LogP contribution in [0.15, 0.2) is 24.3 Å². The first-order valence-electron chi connectivity index (χ1n) is 8.58. The van der Waals surface area contributed by atoms with E-state index < -0.39 is 6.10 Å². The molecule has 1 aliphatic rings. The molecule has 1 aromatic carbocycles. The summed E-state index contributed by atoms with van der Waals surface area (Å²) in [5.41, 5.74) is 0. The molecule has 7 heteroatoms. The lowest BCUT2D eigenvalue weighted by Gasteiger charge is -2.35. The minimum absolute atomic E-state index is 0.0187. The lowest BCUT2D eigenvalue weighted by Crippen LogP contribution is -2.53. The van der Waals surface area contributed by atoms with E-state index in [9.17, 15) is 9.59 Å². The van der Waals surface area contributed by atoms with Crippen LogP contribution in [0, 0.1) is 0 Å². The van der Waals surface area contributed by atoms with Gasteiger partial charge in [0.15, 0.2) is 6.10 Å². The van der Waals surface area contributed by atoms with Crippen LogP contribution in [0.5, 0.6) is 5.75 Å². The Hall–Kier alpha value is -1.79. The maximum Gasteiger partial charge on any atom is 0.263 e. The number of ether oxygens (including phenoxy) is 1. The van der Waals surface area contributed by atoms with Gasteiger partial charge in [-0.3, -0.25) is 14.5 Å². The second-order valence-electron chi connectivity index (χ2n) is 6.51. The zero-order valence-corrected chi connectivity index (χ0v) is 15.8. The Labute approximate surface area is 154 Å². The average Bonchev–Trinajstić information content (AvgIpc) is 2.56. The highest BCUT2D eigenvalue weighted by Crippen LogP contribution is 2.24. The van der Waals surface area contributed by atoms with Gasteiger partial charge in [0.05, 0.1) is 11.6 Å². The fraction of sp³-hybridized carbons (Fsp3) is 0.556. The molecule has 1 fully saturated rings. The normalized spacial score (nSPS) is 16.6. The number of nitrogens with zero attached hydrogens (tertiary/aromatic N) is 2. The Morgan fingerprint density at radius 1 is 1.16 bits per heavy atom. The number of amides is 2. The van der Waals surface area contributed by atoms with Crippen molar-refractivity contribution < 1.29 is 14.3 Å². The second-order valence-corrected chi connectivity index (χ2v) is 6.92. The lowest BCUT2D eigenvalue weighted by molar-refractivity contribution is -0.139. The van der Waals surface area contributed by atoms with Crippen molar-refractivity contribution >= 4 is 23.4 Å². The zero-order valence-electron chi connectivity index (χ0n) is 15.0. The van der Waals surface area contributed by atoms with Crippen LogP contribution in [0.1, 0.15) is 20.8 Å². The van der Waals surface area contributed by atoms with Crippen molar-refractivity contribution in [3.63, 3.8) is 0 Å². The largest absolute Gasteiger partial charge is 0.479 e. The number of piperazine rings is 1. The monoisotopic (exact) mass is 367 g/mol. The van der Waals surface area contributed by atoms with E-state index in [-0.39, 0.29) is 17.9 Å². The Morgan fingerprint density at radius 3 is 2.40 bits per heavy atom. The van der Waals surface area contributed by atoms with E-state index in [2.05, 4.69) is 10.2 Å². The fourth-order valence-electron chi connectivity index (χ4n) is 2.74. The van der Waals surface area contributed by atoms with Gasteiger partial charge >= 0.3 is 0 Å². The van der Waals surface area contributed by atoms with E-state index in [4.69, 9.17) is 16.3 Å². The van der Waals surface area contributed by atoms with E-state index >= 15 is 0 Å². The third-order valence-electron chi connectivity index (χ3n) is 3.99. The van der Waals surface area contributed by atoms with Gasteiger partial charge in [-0.25, -0.2) is 0 Å². The number of para-hydroxylation sites is 1. The van der Waals surface area contributed by atoms with Crippen LogP contribution in [-0.2, 0) is 9.59 Å². The molecular formula is C18H26ClN3O3. The zero-order chi connectivity index (χ0) is 18.4. The Balaban J connectivity index is 1.80. The van der Waals surface area contributed by atoms with E-state index in [1.54, 1.807) is 24.0 Å². The number of benzene rings is 1. The summed E-state index contributed by atoms with van der Waals surface area (Å²) < 4.78 is 5.69. The van der Waals surface area contributed by atoms with Crippen LogP contribution in [-0.4, -0.2) is 66.5 Å². The molecule has 6 nitrogen and oxygen atoms in total. The minimum Gasteiger partial charge on any atom is -0.479 e.